The van der Waals surface area contributed by atoms with Gasteiger partial charge in [0.1, 0.15) is 5.75 Å². The van der Waals surface area contributed by atoms with E-state index in [-0.39, 0.29) is 18.0 Å². The maximum absolute atomic E-state index is 12.8. The fraction of sp³-hybridized carbons (Fsp3) is 0.533. The van der Waals surface area contributed by atoms with Crippen LogP contribution in [0.2, 0.25) is 0 Å². The van der Waals surface area contributed by atoms with Crippen molar-refractivity contribution < 1.29 is 27.4 Å². The van der Waals surface area contributed by atoms with Crippen LogP contribution in [0.15, 0.2) is 18.2 Å². The third-order valence-electron chi connectivity index (χ3n) is 2.81. The number of ether oxygens (including phenoxy) is 2. The van der Waals surface area contributed by atoms with Crippen molar-refractivity contribution in [2.75, 3.05) is 31.7 Å². The zero-order valence-corrected chi connectivity index (χ0v) is 13.1. The Morgan fingerprint density at radius 1 is 1.22 bits per heavy atom. The summed E-state index contributed by atoms with van der Waals surface area (Å²) in [6.07, 6.45) is -3.88. The highest BCUT2D eigenvalue weighted by Gasteiger charge is 2.31. The van der Waals surface area contributed by atoms with E-state index in [1.54, 1.807) is 6.92 Å². The molecule has 0 aromatic heterocycles. The third-order valence-corrected chi connectivity index (χ3v) is 2.81. The second-order valence-corrected chi connectivity index (χ2v) is 4.57. The van der Waals surface area contributed by atoms with Crippen molar-refractivity contribution >= 4 is 11.7 Å². The smallest absolute Gasteiger partial charge is 0.416 e. The normalized spacial score (nSPS) is 11.2. The van der Waals surface area contributed by atoms with Crippen molar-refractivity contribution in [3.8, 4) is 5.75 Å². The van der Waals surface area contributed by atoms with Gasteiger partial charge in [-0.25, -0.2) is 4.79 Å². The minimum Gasteiger partial charge on any atom is -0.492 e. The molecule has 0 spiro atoms. The zero-order valence-electron chi connectivity index (χ0n) is 13.1. The van der Waals surface area contributed by atoms with Crippen LogP contribution in [0.5, 0.6) is 5.75 Å². The summed E-state index contributed by atoms with van der Waals surface area (Å²) in [5.41, 5.74) is -0.878. The van der Waals surface area contributed by atoms with Crippen molar-refractivity contribution in [2.45, 2.75) is 26.4 Å². The molecule has 0 unspecified atom stereocenters. The van der Waals surface area contributed by atoms with Gasteiger partial charge in [-0.2, -0.15) is 13.2 Å². The van der Waals surface area contributed by atoms with Gasteiger partial charge in [-0.05, 0) is 38.5 Å². The van der Waals surface area contributed by atoms with Gasteiger partial charge in [0, 0.05) is 19.8 Å². The SMILES string of the molecule is CCOCCCNC(=O)Nc1cc(C(F)(F)F)ccc1OCC. The van der Waals surface area contributed by atoms with Gasteiger partial charge >= 0.3 is 12.2 Å². The van der Waals surface area contributed by atoms with E-state index >= 15 is 0 Å². The van der Waals surface area contributed by atoms with E-state index in [0.29, 0.717) is 26.2 Å². The Bertz CT molecular complexity index is 507. The summed E-state index contributed by atoms with van der Waals surface area (Å²) in [5, 5.41) is 4.93. The molecule has 0 aliphatic rings. The molecule has 0 bridgehead atoms. The molecular weight excluding hydrogens is 313 g/mol. The first-order valence-corrected chi connectivity index (χ1v) is 7.35. The molecule has 1 aromatic rings. The molecule has 2 amide bonds. The van der Waals surface area contributed by atoms with E-state index < -0.39 is 17.8 Å². The standard InChI is InChI=1S/C15H21F3N2O3/c1-3-22-9-5-8-19-14(21)20-12-10-11(15(16,17)18)6-7-13(12)23-4-2/h6-7,10H,3-5,8-9H2,1-2H3,(H2,19,20,21). The number of urea groups is 1. The molecule has 130 valence electrons. The number of hydrogen-bond acceptors (Lipinski definition) is 3. The maximum Gasteiger partial charge on any atom is 0.416 e. The fourth-order valence-electron chi connectivity index (χ4n) is 1.77. The Morgan fingerprint density at radius 3 is 2.57 bits per heavy atom. The van der Waals surface area contributed by atoms with Crippen LogP contribution in [0.25, 0.3) is 0 Å². The number of anilines is 1. The molecule has 2 N–H and O–H groups in total. The molecule has 0 atom stereocenters. The Hall–Kier alpha value is -1.96. The van der Waals surface area contributed by atoms with E-state index in [4.69, 9.17) is 9.47 Å². The number of alkyl halides is 3. The fourth-order valence-corrected chi connectivity index (χ4v) is 1.77. The van der Waals surface area contributed by atoms with Gasteiger partial charge in [-0.3, -0.25) is 0 Å². The van der Waals surface area contributed by atoms with Crippen molar-refractivity contribution in [2.24, 2.45) is 0 Å². The van der Waals surface area contributed by atoms with E-state index in [1.165, 1.54) is 6.07 Å². The number of carbonyl (C=O) groups is 1. The number of carbonyl (C=O) groups excluding carboxylic acids is 1. The van der Waals surface area contributed by atoms with Crippen molar-refractivity contribution in [3.63, 3.8) is 0 Å². The van der Waals surface area contributed by atoms with E-state index in [2.05, 4.69) is 10.6 Å². The first-order chi connectivity index (χ1) is 10.9. The molecular formula is C15H21F3N2O3. The van der Waals surface area contributed by atoms with Gasteiger partial charge in [-0.15, -0.1) is 0 Å². The van der Waals surface area contributed by atoms with Gasteiger partial charge in [0.05, 0.1) is 17.9 Å². The Kier molecular flexibility index (Phi) is 7.67. The quantitative estimate of drug-likeness (QED) is 0.714. The van der Waals surface area contributed by atoms with Crippen LogP contribution >= 0.6 is 0 Å². The Labute approximate surface area is 133 Å². The highest BCUT2D eigenvalue weighted by atomic mass is 19.4. The van der Waals surface area contributed by atoms with Crippen LogP contribution in [-0.4, -0.2) is 32.4 Å². The summed E-state index contributed by atoms with van der Waals surface area (Å²) in [6, 6.07) is 2.36. The molecule has 23 heavy (non-hydrogen) atoms. The molecule has 0 aliphatic heterocycles. The lowest BCUT2D eigenvalue weighted by molar-refractivity contribution is -0.137. The zero-order chi connectivity index (χ0) is 17.3. The van der Waals surface area contributed by atoms with Crippen molar-refractivity contribution in [3.05, 3.63) is 23.8 Å². The van der Waals surface area contributed by atoms with Crippen LogP contribution < -0.4 is 15.4 Å². The number of halogens is 3. The number of nitrogens with one attached hydrogen (secondary N) is 2. The minimum atomic E-state index is -4.49. The van der Waals surface area contributed by atoms with Crippen LogP contribution in [0.3, 0.4) is 0 Å². The summed E-state index contributed by atoms with van der Waals surface area (Å²) in [7, 11) is 0. The highest BCUT2D eigenvalue weighted by Crippen LogP contribution is 2.35. The number of benzene rings is 1. The van der Waals surface area contributed by atoms with Gasteiger partial charge in [0.15, 0.2) is 0 Å². The van der Waals surface area contributed by atoms with Crippen molar-refractivity contribution in [1.82, 2.24) is 5.32 Å². The monoisotopic (exact) mass is 334 g/mol. The topological polar surface area (TPSA) is 59.6 Å². The average molecular weight is 334 g/mol. The van der Waals surface area contributed by atoms with Gasteiger partial charge < -0.3 is 20.1 Å². The van der Waals surface area contributed by atoms with E-state index in [1.807, 2.05) is 6.92 Å². The summed E-state index contributed by atoms with van der Waals surface area (Å²) in [5.74, 6) is 0.185. The third kappa shape index (κ3) is 6.77. The average Bonchev–Trinajstić information content (AvgIpc) is 2.48. The number of rotatable bonds is 8. The molecule has 0 radical (unpaired) electrons. The van der Waals surface area contributed by atoms with Crippen LogP contribution in [-0.2, 0) is 10.9 Å². The molecule has 0 aliphatic carbocycles. The molecule has 0 saturated heterocycles. The molecule has 1 rings (SSSR count). The van der Waals surface area contributed by atoms with Crippen LogP contribution in [0.1, 0.15) is 25.8 Å². The summed E-state index contributed by atoms with van der Waals surface area (Å²) in [6.45, 7) is 5.29. The molecule has 0 fully saturated rings. The van der Waals surface area contributed by atoms with Crippen LogP contribution in [0, 0.1) is 0 Å². The predicted octanol–water partition coefficient (Wildman–Crippen LogP) is 3.65. The molecule has 8 heteroatoms. The molecule has 1 aromatic carbocycles. The highest BCUT2D eigenvalue weighted by molar-refractivity contribution is 5.91. The summed E-state index contributed by atoms with van der Waals surface area (Å²) in [4.78, 5) is 11.8. The first kappa shape index (κ1) is 19.1. The van der Waals surface area contributed by atoms with Crippen molar-refractivity contribution in [1.29, 1.82) is 0 Å². The number of amides is 2. The van der Waals surface area contributed by atoms with E-state index in [9.17, 15) is 18.0 Å². The van der Waals surface area contributed by atoms with Gasteiger partial charge in [0.2, 0.25) is 0 Å². The Balaban J connectivity index is 2.70. The second-order valence-electron chi connectivity index (χ2n) is 4.57. The molecule has 0 saturated carbocycles. The molecule has 5 nitrogen and oxygen atoms in total. The van der Waals surface area contributed by atoms with Crippen LogP contribution in [0.4, 0.5) is 23.7 Å². The summed E-state index contributed by atoms with van der Waals surface area (Å²) < 4.78 is 48.6. The van der Waals surface area contributed by atoms with E-state index in [0.717, 1.165) is 12.1 Å². The maximum atomic E-state index is 12.8. The first-order valence-electron chi connectivity index (χ1n) is 7.35. The number of hydrogen-bond donors (Lipinski definition) is 2. The lowest BCUT2D eigenvalue weighted by Crippen LogP contribution is -2.30. The molecule has 0 heterocycles. The minimum absolute atomic E-state index is 0.0241. The largest absolute Gasteiger partial charge is 0.492 e. The second kappa shape index (κ2) is 9.24. The Morgan fingerprint density at radius 2 is 1.96 bits per heavy atom. The lowest BCUT2D eigenvalue weighted by Gasteiger charge is -2.15. The van der Waals surface area contributed by atoms with Gasteiger partial charge in [0.25, 0.3) is 0 Å². The summed E-state index contributed by atoms with van der Waals surface area (Å²) >= 11 is 0. The lowest BCUT2D eigenvalue weighted by atomic mass is 10.2. The van der Waals surface area contributed by atoms with Gasteiger partial charge in [-0.1, -0.05) is 0 Å². The predicted molar refractivity (Wildman–Crippen MR) is 80.7 cm³/mol.